The second kappa shape index (κ2) is 11.1. The molecule has 0 aliphatic rings. The van der Waals surface area contributed by atoms with Gasteiger partial charge in [-0.3, -0.25) is 38.5 Å². The Morgan fingerprint density at radius 3 is 1.28 bits per heavy atom. The summed E-state index contributed by atoms with van der Waals surface area (Å²) in [4.78, 5) is 76.1. The predicted molar refractivity (Wildman–Crippen MR) is 174 cm³/mol. The van der Waals surface area contributed by atoms with Crippen LogP contribution in [0.1, 0.15) is 43.0 Å². The molecule has 47 heavy (non-hydrogen) atoms. The van der Waals surface area contributed by atoms with Crippen molar-refractivity contribution >= 4 is 46.2 Å². The third kappa shape index (κ3) is 4.76. The number of benzene rings is 2. The van der Waals surface area contributed by atoms with Crippen LogP contribution < -0.4 is 22.2 Å². The number of hydrogen-bond acceptors (Lipinski definition) is 6. The molecule has 0 saturated carbocycles. The van der Waals surface area contributed by atoms with Crippen LogP contribution in [0.25, 0.3) is 45.6 Å². The van der Waals surface area contributed by atoms with Gasteiger partial charge in [0.15, 0.2) is 0 Å². The lowest BCUT2D eigenvalue weighted by Crippen LogP contribution is -2.22. The second-order valence-electron chi connectivity index (χ2n) is 10.9. The smallest absolute Gasteiger partial charge is 0.335 e. The van der Waals surface area contributed by atoms with Crippen molar-refractivity contribution in [2.45, 2.75) is 13.8 Å². The molecule has 0 amide bonds. The molecule has 4 aromatic heterocycles. The van der Waals surface area contributed by atoms with Gasteiger partial charge in [-0.2, -0.15) is 0 Å². The van der Waals surface area contributed by atoms with E-state index in [4.69, 9.17) is 0 Å². The van der Waals surface area contributed by atoms with E-state index in [1.165, 1.54) is 93.3 Å². The highest BCUT2D eigenvalue weighted by molar-refractivity contribution is 5.89. The minimum atomic E-state index is -1.11. The Labute approximate surface area is 263 Å². The van der Waals surface area contributed by atoms with E-state index in [2.05, 4.69) is 15.9 Å². The SMILES string of the molecule is Cc1c(C=C=Cc2c(C)c3c(=O)n(-c4ccc(C(=O)O)cc4)[nH]c3n(C)c2=O)c(=O)n(C)c2[nH]n(-c3ccc(C(=O)O)cc3)c(=O)c12. The van der Waals surface area contributed by atoms with Gasteiger partial charge >= 0.3 is 11.9 Å². The van der Waals surface area contributed by atoms with Crippen LogP contribution in [0, 0.1) is 13.8 Å². The van der Waals surface area contributed by atoms with Crippen LogP contribution in [-0.4, -0.2) is 50.8 Å². The Kier molecular flexibility index (Phi) is 7.14. The molecule has 236 valence electrons. The molecule has 0 fully saturated rings. The fraction of sp³-hybridized carbons (Fsp3) is 0.121. The maximum Gasteiger partial charge on any atom is 0.335 e. The van der Waals surface area contributed by atoms with Crippen LogP contribution in [-0.2, 0) is 14.1 Å². The number of carboxylic acid groups (broad SMARTS) is 2. The van der Waals surface area contributed by atoms with E-state index < -0.39 is 34.2 Å². The molecule has 0 radical (unpaired) electrons. The summed E-state index contributed by atoms with van der Waals surface area (Å²) < 4.78 is 5.00. The van der Waals surface area contributed by atoms with Crippen LogP contribution in [0.4, 0.5) is 0 Å². The average Bonchev–Trinajstić information content (AvgIpc) is 3.59. The number of H-pyrrole nitrogens is 2. The number of rotatable bonds is 6. The summed E-state index contributed by atoms with van der Waals surface area (Å²) >= 11 is 0. The molecule has 0 saturated heterocycles. The number of carboxylic acids is 2. The summed E-state index contributed by atoms with van der Waals surface area (Å²) in [6.45, 7) is 3.23. The maximum atomic E-state index is 13.5. The van der Waals surface area contributed by atoms with Crippen LogP contribution >= 0.6 is 0 Å². The molecular formula is C33H26N6O8. The standard InChI is InChI=1S/C33H26N6O8/c1-16-22(28(40)36(3)26-24(16)30(42)38(34-26)20-12-8-18(9-13-20)32(44)45)6-5-7-23-17(2)25-27(37(4)29(23)41)35-39(31(25)43)21-14-10-19(11-15-21)33(46)47/h6-15,34-35H,1-4H3,(H,44,45)(H,46,47). The van der Waals surface area contributed by atoms with Gasteiger partial charge in [-0.25, -0.2) is 19.0 Å². The Bertz CT molecular complexity index is 2440. The topological polar surface area (TPSA) is 194 Å². The van der Waals surface area contributed by atoms with Crippen molar-refractivity contribution in [3.05, 3.63) is 129 Å². The number of aromatic amines is 2. The molecule has 6 rings (SSSR count). The van der Waals surface area contributed by atoms with E-state index >= 15 is 0 Å². The molecular weight excluding hydrogens is 608 g/mol. The fourth-order valence-electron chi connectivity index (χ4n) is 5.59. The number of pyridine rings is 2. The lowest BCUT2D eigenvalue weighted by atomic mass is 10.1. The number of hydrogen-bond donors (Lipinski definition) is 4. The lowest BCUT2D eigenvalue weighted by molar-refractivity contribution is 0.0686. The second-order valence-corrected chi connectivity index (χ2v) is 10.9. The Morgan fingerprint density at radius 2 is 0.957 bits per heavy atom. The van der Waals surface area contributed by atoms with Gasteiger partial charge < -0.3 is 10.2 Å². The van der Waals surface area contributed by atoms with E-state index in [0.717, 1.165) is 0 Å². The number of aromatic carboxylic acids is 2. The first kappa shape index (κ1) is 30.4. The highest BCUT2D eigenvalue weighted by atomic mass is 16.4. The normalized spacial score (nSPS) is 11.1. The summed E-state index contributed by atoms with van der Waals surface area (Å²) in [5, 5.41) is 24.7. The summed E-state index contributed by atoms with van der Waals surface area (Å²) in [7, 11) is 3.00. The van der Waals surface area contributed by atoms with E-state index in [1.54, 1.807) is 13.8 Å². The molecule has 4 heterocycles. The summed E-state index contributed by atoms with van der Waals surface area (Å²) in [6, 6.07) is 11.4. The molecule has 0 bridgehead atoms. The highest BCUT2D eigenvalue weighted by Gasteiger charge is 2.20. The summed E-state index contributed by atoms with van der Waals surface area (Å²) in [6.07, 6.45) is 2.75. The number of nitrogens with one attached hydrogen (secondary N) is 2. The van der Waals surface area contributed by atoms with E-state index in [1.807, 2.05) is 0 Å². The van der Waals surface area contributed by atoms with Crippen molar-refractivity contribution in [3.63, 3.8) is 0 Å². The third-order valence-electron chi connectivity index (χ3n) is 8.24. The molecule has 14 heteroatoms. The minimum absolute atomic E-state index is 0.0550. The van der Waals surface area contributed by atoms with Crippen LogP contribution in [0.2, 0.25) is 0 Å². The highest BCUT2D eigenvalue weighted by Crippen LogP contribution is 2.20. The molecule has 0 unspecified atom stereocenters. The molecule has 0 aliphatic carbocycles. The first-order valence-electron chi connectivity index (χ1n) is 14.1. The van der Waals surface area contributed by atoms with Crippen molar-refractivity contribution in [1.82, 2.24) is 28.7 Å². The zero-order valence-corrected chi connectivity index (χ0v) is 25.4. The van der Waals surface area contributed by atoms with Crippen molar-refractivity contribution in [2.24, 2.45) is 14.1 Å². The fourth-order valence-corrected chi connectivity index (χ4v) is 5.59. The summed E-state index contributed by atoms with van der Waals surface area (Å²) in [5.74, 6) is -2.21. The summed E-state index contributed by atoms with van der Waals surface area (Å²) in [5.41, 5.74) is 3.55. The van der Waals surface area contributed by atoms with Crippen molar-refractivity contribution in [1.29, 1.82) is 0 Å². The van der Waals surface area contributed by atoms with E-state index in [9.17, 15) is 39.0 Å². The van der Waals surface area contributed by atoms with Gasteiger partial charge in [-0.1, -0.05) is 0 Å². The molecule has 2 aromatic carbocycles. The predicted octanol–water partition coefficient (Wildman–Crippen LogP) is 2.69. The van der Waals surface area contributed by atoms with Crippen molar-refractivity contribution < 1.29 is 19.8 Å². The van der Waals surface area contributed by atoms with Crippen LogP contribution in [0.15, 0.2) is 73.4 Å². The Hall–Kier alpha value is -6.66. The van der Waals surface area contributed by atoms with Crippen LogP contribution in [0.3, 0.4) is 0 Å². The molecule has 6 aromatic rings. The van der Waals surface area contributed by atoms with Gasteiger partial charge in [-0.05, 0) is 85.7 Å². The number of aryl methyl sites for hydroxylation is 4. The van der Waals surface area contributed by atoms with Gasteiger partial charge in [0.1, 0.15) is 11.3 Å². The van der Waals surface area contributed by atoms with Gasteiger partial charge in [0.05, 0.1) is 44.4 Å². The maximum absolute atomic E-state index is 13.5. The average molecular weight is 635 g/mol. The van der Waals surface area contributed by atoms with Gasteiger partial charge in [0.2, 0.25) is 0 Å². The molecule has 0 atom stereocenters. The third-order valence-corrected chi connectivity index (χ3v) is 8.24. The number of carbonyl (C=O) groups is 2. The van der Waals surface area contributed by atoms with Crippen LogP contribution in [0.5, 0.6) is 0 Å². The van der Waals surface area contributed by atoms with Gasteiger partial charge in [-0.15, -0.1) is 5.73 Å². The van der Waals surface area contributed by atoms with Gasteiger partial charge in [0.25, 0.3) is 22.2 Å². The first-order chi connectivity index (χ1) is 22.3. The zero-order chi connectivity index (χ0) is 33.9. The lowest BCUT2D eigenvalue weighted by Gasteiger charge is -2.06. The van der Waals surface area contributed by atoms with Crippen molar-refractivity contribution in [3.8, 4) is 11.4 Å². The van der Waals surface area contributed by atoms with E-state index in [-0.39, 0.29) is 44.3 Å². The number of nitrogens with zero attached hydrogens (tertiary/aromatic N) is 4. The first-order valence-corrected chi connectivity index (χ1v) is 14.1. The van der Waals surface area contributed by atoms with E-state index in [0.29, 0.717) is 22.5 Å². The number of fused-ring (bicyclic) bond motifs is 2. The molecule has 4 N–H and O–H groups in total. The van der Waals surface area contributed by atoms with Crippen molar-refractivity contribution in [2.75, 3.05) is 0 Å². The molecule has 0 aliphatic heterocycles. The molecule has 0 spiro atoms. The van der Waals surface area contributed by atoms with Gasteiger partial charge in [0, 0.05) is 14.1 Å². The quantitative estimate of drug-likeness (QED) is 0.201. The largest absolute Gasteiger partial charge is 0.478 e. The monoisotopic (exact) mass is 634 g/mol. The Morgan fingerprint density at radius 1 is 0.617 bits per heavy atom. The Balaban J connectivity index is 1.46. The molecule has 14 nitrogen and oxygen atoms in total. The zero-order valence-electron chi connectivity index (χ0n) is 25.4. The minimum Gasteiger partial charge on any atom is -0.478 e. The number of aromatic nitrogens is 6.